The number of nitrogens with one attached hydrogen (secondary N) is 2. The van der Waals surface area contributed by atoms with Gasteiger partial charge in [0.25, 0.3) is 5.91 Å². The average Bonchev–Trinajstić information content (AvgIpc) is 3.73. The van der Waals surface area contributed by atoms with E-state index in [-0.39, 0.29) is 24.3 Å². The molecule has 7 rings (SSSR count). The minimum absolute atomic E-state index is 0.00263. The van der Waals surface area contributed by atoms with E-state index in [1.807, 2.05) is 22.8 Å². The van der Waals surface area contributed by atoms with Crippen LogP contribution < -0.4 is 10.6 Å². The van der Waals surface area contributed by atoms with Crippen molar-refractivity contribution in [2.45, 2.75) is 43.7 Å². The van der Waals surface area contributed by atoms with Crippen LogP contribution in [0.2, 0.25) is 0 Å². The second-order valence-electron chi connectivity index (χ2n) is 11.2. The number of imidazole rings is 1. The second-order valence-corrected chi connectivity index (χ2v) is 11.2. The smallest absolute Gasteiger partial charge is 0.256 e. The third kappa shape index (κ3) is 5.39. The van der Waals surface area contributed by atoms with E-state index in [0.717, 1.165) is 23.1 Å². The molecule has 3 heterocycles. The van der Waals surface area contributed by atoms with Crippen LogP contribution in [0.25, 0.3) is 11.2 Å². The molecule has 2 aromatic heterocycles. The lowest BCUT2D eigenvalue weighted by atomic mass is 9.76. The average molecular weight is 595 g/mol. The van der Waals surface area contributed by atoms with Gasteiger partial charge in [0.2, 0.25) is 0 Å². The van der Waals surface area contributed by atoms with Gasteiger partial charge >= 0.3 is 0 Å². The van der Waals surface area contributed by atoms with Gasteiger partial charge in [-0.25, -0.2) is 15.0 Å². The highest BCUT2D eigenvalue weighted by molar-refractivity contribution is 6.06. The van der Waals surface area contributed by atoms with Gasteiger partial charge in [-0.3, -0.25) is 14.7 Å². The third-order valence-corrected chi connectivity index (χ3v) is 8.60. The lowest BCUT2D eigenvalue weighted by Gasteiger charge is -2.40. The van der Waals surface area contributed by atoms with Crippen molar-refractivity contribution in [2.75, 3.05) is 5.32 Å². The molecule has 45 heavy (non-hydrogen) atoms. The van der Waals surface area contributed by atoms with E-state index in [2.05, 4.69) is 124 Å². The Morgan fingerprint density at radius 1 is 0.800 bits per heavy atom. The van der Waals surface area contributed by atoms with Crippen molar-refractivity contribution in [2.24, 2.45) is 0 Å². The molecule has 1 saturated heterocycles. The number of hydrogen-bond donors (Lipinski definition) is 2. The Bertz CT molecular complexity index is 1780. The summed E-state index contributed by atoms with van der Waals surface area (Å²) in [5.41, 5.74) is 4.51. The van der Waals surface area contributed by atoms with E-state index < -0.39 is 5.54 Å². The summed E-state index contributed by atoms with van der Waals surface area (Å²) in [6.07, 6.45) is 4.31. The van der Waals surface area contributed by atoms with Crippen LogP contribution in [0.15, 0.2) is 134 Å². The van der Waals surface area contributed by atoms with Crippen LogP contribution in [0.5, 0.6) is 0 Å². The number of rotatable bonds is 9. The van der Waals surface area contributed by atoms with Crippen molar-refractivity contribution < 1.29 is 9.53 Å². The molecular weight excluding hydrogens is 560 g/mol. The Morgan fingerprint density at radius 3 is 1.91 bits per heavy atom. The quantitative estimate of drug-likeness (QED) is 0.180. The van der Waals surface area contributed by atoms with Gasteiger partial charge < -0.3 is 10.1 Å². The highest BCUT2D eigenvalue weighted by Gasteiger charge is 2.44. The highest BCUT2D eigenvalue weighted by Crippen LogP contribution is 2.41. The van der Waals surface area contributed by atoms with Gasteiger partial charge in [0.15, 0.2) is 17.0 Å². The van der Waals surface area contributed by atoms with E-state index in [0.29, 0.717) is 29.0 Å². The molecule has 0 saturated carbocycles. The molecule has 0 spiro atoms. The molecule has 2 N–H and O–H groups in total. The summed E-state index contributed by atoms with van der Waals surface area (Å²) in [6, 6.07) is 40.9. The van der Waals surface area contributed by atoms with Crippen molar-refractivity contribution in [3.63, 3.8) is 0 Å². The maximum Gasteiger partial charge on any atom is 0.256 e. The van der Waals surface area contributed by atoms with Crippen LogP contribution in [-0.2, 0) is 10.3 Å². The maximum atomic E-state index is 12.9. The standard InChI is InChI=1S/C37H34N6O2/c1-2-31-30(42-37(27-17-9-4-10-18-27,28-19-11-5-12-20-28)29-21-13-6-14-22-29)23-32(45-31)43-25-40-33-34(38-24-39-35(33)43)41-36(44)26-15-7-3-8-16-26/h3-22,24-25,30-32,42H,2,23H2,1H3,(H,38,39,41,44)/t30?,31-,32-/m1/s1. The number of aromatic nitrogens is 4. The van der Waals surface area contributed by atoms with E-state index in [4.69, 9.17) is 4.74 Å². The summed E-state index contributed by atoms with van der Waals surface area (Å²) in [6.45, 7) is 2.16. The molecule has 1 amide bonds. The molecule has 1 fully saturated rings. The first-order chi connectivity index (χ1) is 22.2. The zero-order valence-corrected chi connectivity index (χ0v) is 25.0. The van der Waals surface area contributed by atoms with Gasteiger partial charge in [-0.15, -0.1) is 0 Å². The molecule has 1 unspecified atom stereocenters. The minimum atomic E-state index is -0.617. The van der Waals surface area contributed by atoms with Crippen LogP contribution >= 0.6 is 0 Å². The largest absolute Gasteiger partial charge is 0.353 e. The van der Waals surface area contributed by atoms with E-state index in [1.165, 1.54) is 6.33 Å². The second kappa shape index (κ2) is 12.4. The predicted molar refractivity (Wildman–Crippen MR) is 175 cm³/mol. The molecule has 0 bridgehead atoms. The maximum absolute atomic E-state index is 12.9. The summed E-state index contributed by atoms with van der Waals surface area (Å²) >= 11 is 0. The van der Waals surface area contributed by atoms with E-state index in [9.17, 15) is 4.79 Å². The first-order valence-corrected chi connectivity index (χ1v) is 15.3. The van der Waals surface area contributed by atoms with Crippen LogP contribution in [0.1, 0.15) is 53.0 Å². The van der Waals surface area contributed by atoms with Gasteiger partial charge in [0, 0.05) is 18.0 Å². The van der Waals surface area contributed by atoms with Crippen molar-refractivity contribution in [1.82, 2.24) is 24.8 Å². The van der Waals surface area contributed by atoms with Gasteiger partial charge in [0.1, 0.15) is 12.6 Å². The van der Waals surface area contributed by atoms with Gasteiger partial charge in [0.05, 0.1) is 18.0 Å². The summed E-state index contributed by atoms with van der Waals surface area (Å²) in [4.78, 5) is 26.4. The predicted octanol–water partition coefficient (Wildman–Crippen LogP) is 6.73. The monoisotopic (exact) mass is 594 g/mol. The zero-order chi connectivity index (χ0) is 30.6. The number of ether oxygens (including phenoxy) is 1. The molecule has 6 aromatic rings. The van der Waals surface area contributed by atoms with Gasteiger partial charge in [-0.05, 0) is 35.2 Å². The fourth-order valence-electron chi connectivity index (χ4n) is 6.45. The Morgan fingerprint density at radius 2 is 1.36 bits per heavy atom. The number of benzene rings is 4. The first-order valence-electron chi connectivity index (χ1n) is 15.3. The lowest BCUT2D eigenvalue weighted by Crippen LogP contribution is -2.52. The number of anilines is 1. The first kappa shape index (κ1) is 28.6. The molecular formula is C37H34N6O2. The fraction of sp³-hybridized carbons (Fsp3) is 0.189. The normalized spacial score (nSPS) is 18.2. The topological polar surface area (TPSA) is 94.0 Å². The summed E-state index contributed by atoms with van der Waals surface area (Å²) in [5, 5.41) is 7.03. The zero-order valence-electron chi connectivity index (χ0n) is 25.0. The van der Waals surface area contributed by atoms with Crippen molar-refractivity contribution in [3.8, 4) is 0 Å². The SMILES string of the molecule is CC[C@H]1O[C@@H](n2cnc3c(NC(=O)c4ccccc4)ncnc32)CC1NC(c1ccccc1)(c1ccccc1)c1ccccc1. The van der Waals surface area contributed by atoms with E-state index >= 15 is 0 Å². The minimum Gasteiger partial charge on any atom is -0.353 e. The van der Waals surface area contributed by atoms with Gasteiger partial charge in [-0.1, -0.05) is 116 Å². The van der Waals surface area contributed by atoms with Crippen LogP contribution in [0, 0.1) is 0 Å². The number of hydrogen-bond acceptors (Lipinski definition) is 6. The lowest BCUT2D eigenvalue weighted by molar-refractivity contribution is -0.00213. The Balaban J connectivity index is 1.24. The summed E-state index contributed by atoms with van der Waals surface area (Å²) < 4.78 is 8.69. The number of amides is 1. The molecule has 8 heteroatoms. The Hall–Kier alpha value is -5.18. The van der Waals surface area contributed by atoms with E-state index in [1.54, 1.807) is 18.5 Å². The molecule has 1 aliphatic heterocycles. The molecule has 8 nitrogen and oxygen atoms in total. The number of carbonyl (C=O) groups excluding carboxylic acids is 1. The van der Waals surface area contributed by atoms with Crippen LogP contribution in [-0.4, -0.2) is 37.6 Å². The summed E-state index contributed by atoms with van der Waals surface area (Å²) in [5.74, 6) is 0.111. The van der Waals surface area contributed by atoms with Crippen LogP contribution in [0.3, 0.4) is 0 Å². The third-order valence-electron chi connectivity index (χ3n) is 8.60. The van der Waals surface area contributed by atoms with Crippen molar-refractivity contribution >= 4 is 22.9 Å². The number of nitrogens with zero attached hydrogens (tertiary/aromatic N) is 4. The molecule has 3 atom stereocenters. The number of fused-ring (bicyclic) bond motifs is 1. The molecule has 1 aliphatic rings. The molecule has 0 aliphatic carbocycles. The molecule has 4 aromatic carbocycles. The molecule has 224 valence electrons. The van der Waals surface area contributed by atoms with Crippen LogP contribution in [0.4, 0.5) is 5.82 Å². The Kier molecular flexibility index (Phi) is 7.90. The van der Waals surface area contributed by atoms with Gasteiger partial charge in [-0.2, -0.15) is 0 Å². The van der Waals surface area contributed by atoms with Crippen molar-refractivity contribution in [3.05, 3.63) is 156 Å². The molecule has 0 radical (unpaired) electrons. The Labute approximate surface area is 262 Å². The summed E-state index contributed by atoms with van der Waals surface area (Å²) in [7, 11) is 0. The fourth-order valence-corrected chi connectivity index (χ4v) is 6.45. The highest BCUT2D eigenvalue weighted by atomic mass is 16.5. The number of carbonyl (C=O) groups is 1. The van der Waals surface area contributed by atoms with Crippen molar-refractivity contribution in [1.29, 1.82) is 0 Å².